The lowest BCUT2D eigenvalue weighted by Crippen LogP contribution is -2.48. The molecular weight excluding hydrogens is 297 g/mol. The summed E-state index contributed by atoms with van der Waals surface area (Å²) in [6.45, 7) is -1.78. The second kappa shape index (κ2) is 4.78. The average Bonchev–Trinajstić information content (AvgIpc) is 3.03. The molecule has 0 N–H and O–H groups in total. The number of hydrogen-bond donors (Lipinski definition) is 0. The standard InChI is InChI=1S/C16H17F3O3/c17-12-6-11(22-14(18)19)2-3-13(12)20-9-15-7-10(15)8-21-16(15)4-1-5-16/h2-3,6,10,14H,1,4-5,7-9H2/t10-,15+/m0/s1. The van der Waals surface area contributed by atoms with Crippen LogP contribution in [0.3, 0.4) is 0 Å². The molecule has 2 aliphatic carbocycles. The summed E-state index contributed by atoms with van der Waals surface area (Å²) in [6, 6.07) is 3.55. The predicted octanol–water partition coefficient (Wildman–Crippen LogP) is 3.77. The predicted molar refractivity (Wildman–Crippen MR) is 71.6 cm³/mol. The Kier molecular flexibility index (Phi) is 3.08. The van der Waals surface area contributed by atoms with Crippen LogP contribution in [0.4, 0.5) is 13.2 Å². The first kappa shape index (κ1) is 14.2. The molecule has 1 heterocycles. The molecule has 2 saturated carbocycles. The Bertz CT molecular complexity index is 588. The summed E-state index contributed by atoms with van der Waals surface area (Å²) in [5.74, 6) is -0.310. The van der Waals surface area contributed by atoms with Gasteiger partial charge in [-0.1, -0.05) is 0 Å². The van der Waals surface area contributed by atoms with Crippen LogP contribution in [0, 0.1) is 17.2 Å². The van der Waals surface area contributed by atoms with Crippen molar-refractivity contribution in [3.05, 3.63) is 24.0 Å². The van der Waals surface area contributed by atoms with Crippen molar-refractivity contribution in [2.75, 3.05) is 13.2 Å². The summed E-state index contributed by atoms with van der Waals surface area (Å²) in [5, 5.41) is 0. The van der Waals surface area contributed by atoms with Gasteiger partial charge in [0.25, 0.3) is 0 Å². The molecule has 0 bridgehead atoms. The third kappa shape index (κ3) is 2.00. The van der Waals surface area contributed by atoms with Crippen LogP contribution < -0.4 is 9.47 Å². The zero-order valence-corrected chi connectivity index (χ0v) is 12.0. The molecule has 1 aliphatic heterocycles. The summed E-state index contributed by atoms with van der Waals surface area (Å²) < 4.78 is 53.9. The monoisotopic (exact) mass is 314 g/mol. The van der Waals surface area contributed by atoms with Crippen molar-refractivity contribution >= 4 is 0 Å². The fourth-order valence-electron chi connectivity index (χ4n) is 3.99. The van der Waals surface area contributed by atoms with Crippen molar-refractivity contribution in [3.63, 3.8) is 0 Å². The Balaban J connectivity index is 1.44. The Hall–Kier alpha value is -1.43. The van der Waals surface area contributed by atoms with E-state index < -0.39 is 12.4 Å². The number of rotatable bonds is 5. The topological polar surface area (TPSA) is 27.7 Å². The zero-order valence-electron chi connectivity index (χ0n) is 12.0. The first-order valence-electron chi connectivity index (χ1n) is 7.56. The minimum absolute atomic E-state index is 0.0236. The summed E-state index contributed by atoms with van der Waals surface area (Å²) in [5.41, 5.74) is -0.0390. The van der Waals surface area contributed by atoms with E-state index in [-0.39, 0.29) is 22.5 Å². The van der Waals surface area contributed by atoms with Gasteiger partial charge in [0.2, 0.25) is 0 Å². The fraction of sp³-hybridized carbons (Fsp3) is 0.625. The molecule has 1 saturated heterocycles. The lowest BCUT2D eigenvalue weighted by Gasteiger charge is -2.45. The maximum absolute atomic E-state index is 13.9. The van der Waals surface area contributed by atoms with E-state index in [1.165, 1.54) is 18.6 Å². The SMILES string of the molecule is Fc1cc(OC(F)F)ccc1OC[C@]12C[C@H]1COC21CCC1. The van der Waals surface area contributed by atoms with E-state index in [1.807, 2.05) is 0 Å². The van der Waals surface area contributed by atoms with E-state index in [0.29, 0.717) is 12.5 Å². The maximum Gasteiger partial charge on any atom is 0.387 e. The van der Waals surface area contributed by atoms with Gasteiger partial charge < -0.3 is 14.2 Å². The van der Waals surface area contributed by atoms with Gasteiger partial charge in [-0.05, 0) is 43.7 Å². The smallest absolute Gasteiger partial charge is 0.387 e. The molecule has 0 aromatic heterocycles. The van der Waals surface area contributed by atoms with Crippen LogP contribution in [0.25, 0.3) is 0 Å². The zero-order chi connectivity index (χ0) is 15.4. The van der Waals surface area contributed by atoms with E-state index in [4.69, 9.17) is 9.47 Å². The molecule has 0 unspecified atom stereocenters. The molecule has 3 fully saturated rings. The molecule has 120 valence electrons. The molecule has 1 spiro atoms. The summed E-state index contributed by atoms with van der Waals surface area (Å²) in [4.78, 5) is 0. The van der Waals surface area contributed by atoms with Crippen molar-refractivity contribution in [1.82, 2.24) is 0 Å². The second-order valence-electron chi connectivity index (χ2n) is 6.48. The maximum atomic E-state index is 13.9. The van der Waals surface area contributed by atoms with Gasteiger partial charge in [0, 0.05) is 11.5 Å². The molecule has 3 aliphatic rings. The second-order valence-corrected chi connectivity index (χ2v) is 6.48. The molecule has 2 atom stereocenters. The Morgan fingerprint density at radius 2 is 2.14 bits per heavy atom. The molecule has 22 heavy (non-hydrogen) atoms. The number of halogens is 3. The van der Waals surface area contributed by atoms with E-state index >= 15 is 0 Å². The molecule has 0 amide bonds. The van der Waals surface area contributed by atoms with Crippen molar-refractivity contribution in [2.24, 2.45) is 11.3 Å². The molecule has 3 nitrogen and oxygen atoms in total. The number of fused-ring (bicyclic) bond motifs is 2. The highest BCUT2D eigenvalue weighted by atomic mass is 19.3. The van der Waals surface area contributed by atoms with Gasteiger partial charge in [-0.25, -0.2) is 4.39 Å². The molecule has 1 aromatic rings. The summed E-state index contributed by atoms with van der Waals surface area (Å²) in [6.07, 6.45) is 4.34. The van der Waals surface area contributed by atoms with Crippen molar-refractivity contribution < 1.29 is 27.4 Å². The van der Waals surface area contributed by atoms with Gasteiger partial charge in [0.15, 0.2) is 11.6 Å². The van der Waals surface area contributed by atoms with Crippen LogP contribution in [0.15, 0.2) is 18.2 Å². The third-order valence-electron chi connectivity index (χ3n) is 5.48. The Labute approximate surface area is 126 Å². The number of hydrogen-bond acceptors (Lipinski definition) is 3. The van der Waals surface area contributed by atoms with Crippen LogP contribution in [0.1, 0.15) is 25.7 Å². The number of alkyl halides is 2. The summed E-state index contributed by atoms with van der Waals surface area (Å²) >= 11 is 0. The third-order valence-corrected chi connectivity index (χ3v) is 5.48. The quantitative estimate of drug-likeness (QED) is 0.828. The lowest BCUT2D eigenvalue weighted by atomic mass is 9.69. The van der Waals surface area contributed by atoms with E-state index in [0.717, 1.165) is 31.9 Å². The normalized spacial score (nSPS) is 31.0. The highest BCUT2D eigenvalue weighted by molar-refractivity contribution is 5.33. The van der Waals surface area contributed by atoms with Gasteiger partial charge in [-0.15, -0.1) is 0 Å². The number of benzene rings is 1. The van der Waals surface area contributed by atoms with Crippen molar-refractivity contribution in [2.45, 2.75) is 37.9 Å². The molecule has 4 rings (SSSR count). The first-order chi connectivity index (χ1) is 10.5. The van der Waals surface area contributed by atoms with Gasteiger partial charge >= 0.3 is 6.61 Å². The minimum Gasteiger partial charge on any atom is -0.490 e. The average molecular weight is 314 g/mol. The van der Waals surface area contributed by atoms with E-state index in [1.54, 1.807) is 0 Å². The van der Waals surface area contributed by atoms with Gasteiger partial charge in [-0.2, -0.15) is 8.78 Å². The van der Waals surface area contributed by atoms with E-state index in [9.17, 15) is 13.2 Å². The lowest BCUT2D eigenvalue weighted by molar-refractivity contribution is -0.119. The van der Waals surface area contributed by atoms with Crippen LogP contribution in [-0.4, -0.2) is 25.4 Å². The first-order valence-corrected chi connectivity index (χ1v) is 7.56. The van der Waals surface area contributed by atoms with Crippen LogP contribution in [0.5, 0.6) is 11.5 Å². The minimum atomic E-state index is -2.97. The summed E-state index contributed by atoms with van der Waals surface area (Å²) in [7, 11) is 0. The van der Waals surface area contributed by atoms with Crippen LogP contribution in [0.2, 0.25) is 0 Å². The molecule has 1 aromatic carbocycles. The van der Waals surface area contributed by atoms with E-state index in [2.05, 4.69) is 4.74 Å². The fourth-order valence-corrected chi connectivity index (χ4v) is 3.99. The van der Waals surface area contributed by atoms with Crippen molar-refractivity contribution in [3.8, 4) is 11.5 Å². The van der Waals surface area contributed by atoms with Crippen LogP contribution in [-0.2, 0) is 4.74 Å². The van der Waals surface area contributed by atoms with Crippen molar-refractivity contribution in [1.29, 1.82) is 0 Å². The van der Waals surface area contributed by atoms with Gasteiger partial charge in [0.05, 0.1) is 18.8 Å². The highest BCUT2D eigenvalue weighted by Gasteiger charge is 2.73. The Morgan fingerprint density at radius 3 is 2.73 bits per heavy atom. The molecule has 6 heteroatoms. The molecular formula is C16H17F3O3. The number of ether oxygens (including phenoxy) is 3. The van der Waals surface area contributed by atoms with Crippen LogP contribution >= 0.6 is 0 Å². The van der Waals surface area contributed by atoms with Gasteiger partial charge in [-0.3, -0.25) is 0 Å². The molecule has 0 radical (unpaired) electrons. The Morgan fingerprint density at radius 1 is 1.32 bits per heavy atom. The van der Waals surface area contributed by atoms with Gasteiger partial charge in [0.1, 0.15) is 5.75 Å². The largest absolute Gasteiger partial charge is 0.490 e. The highest BCUT2D eigenvalue weighted by Crippen LogP contribution is 2.71.